The van der Waals surface area contributed by atoms with Crippen LogP contribution in [0.3, 0.4) is 0 Å². The third kappa shape index (κ3) is 5.17. The Balaban J connectivity index is 1.79. The van der Waals surface area contributed by atoms with Crippen LogP contribution < -0.4 is 5.32 Å². The first kappa shape index (κ1) is 22.6. The third-order valence-electron chi connectivity index (χ3n) is 6.96. The third-order valence-corrected chi connectivity index (χ3v) is 6.96. The highest BCUT2D eigenvalue weighted by molar-refractivity contribution is 5.34. The average Bonchev–Trinajstić information content (AvgIpc) is 3.16. The highest BCUT2D eigenvalue weighted by atomic mass is 19.3. The van der Waals surface area contributed by atoms with E-state index in [0.29, 0.717) is 5.92 Å². The number of hydrogen-bond acceptors (Lipinski definition) is 4. The maximum Gasteiger partial charge on any atom is 0.272 e. The molecule has 1 fully saturated rings. The molecule has 2 heterocycles. The van der Waals surface area contributed by atoms with Gasteiger partial charge >= 0.3 is 0 Å². The van der Waals surface area contributed by atoms with Gasteiger partial charge in [-0.05, 0) is 64.5 Å². The lowest BCUT2D eigenvalue weighted by atomic mass is 9.67. The molecule has 1 saturated carbocycles. The number of aromatic nitrogens is 2. The normalized spacial score (nSPS) is 26.2. The Bertz CT molecular complexity index is 668. The largest absolute Gasteiger partial charge is 0.381 e. The maximum absolute atomic E-state index is 14.1. The lowest BCUT2D eigenvalue weighted by Gasteiger charge is -2.40. The van der Waals surface area contributed by atoms with Gasteiger partial charge in [-0.2, -0.15) is 5.10 Å². The van der Waals surface area contributed by atoms with Crippen molar-refractivity contribution >= 4 is 0 Å². The lowest BCUT2D eigenvalue weighted by molar-refractivity contribution is 0.000504. The predicted molar refractivity (Wildman–Crippen MR) is 112 cm³/mol. The van der Waals surface area contributed by atoms with Crippen molar-refractivity contribution < 1.29 is 13.5 Å². The van der Waals surface area contributed by atoms with Crippen LogP contribution in [0.2, 0.25) is 0 Å². The van der Waals surface area contributed by atoms with Crippen molar-refractivity contribution in [3.05, 3.63) is 17.0 Å². The number of hydrogen-bond donors (Lipinski definition) is 1. The SMILES string of the molecule is CCOC[C@]1(CC)CC[C@H](c2c(CN(C)CCNC)nn3c2CC(F)(F)C3)CC1. The minimum atomic E-state index is -2.66. The number of ether oxygens (including phenoxy) is 1. The van der Waals surface area contributed by atoms with Gasteiger partial charge in [0.15, 0.2) is 0 Å². The second-order valence-electron chi connectivity index (χ2n) is 9.10. The summed E-state index contributed by atoms with van der Waals surface area (Å²) in [6.07, 6.45) is 5.23. The highest BCUT2D eigenvalue weighted by Crippen LogP contribution is 2.48. The van der Waals surface area contributed by atoms with Crippen molar-refractivity contribution in [1.29, 1.82) is 0 Å². The van der Waals surface area contributed by atoms with Crippen LogP contribution in [-0.2, 0) is 24.2 Å². The molecule has 0 amide bonds. The monoisotopic (exact) mass is 412 g/mol. The zero-order valence-corrected chi connectivity index (χ0v) is 18.6. The lowest BCUT2D eigenvalue weighted by Crippen LogP contribution is -2.32. The quantitative estimate of drug-likeness (QED) is 0.635. The molecular formula is C22H38F2N4O. The van der Waals surface area contributed by atoms with Gasteiger partial charge in [0.2, 0.25) is 0 Å². The Morgan fingerprint density at radius 1 is 1.28 bits per heavy atom. The molecule has 7 heteroatoms. The first-order valence-electron chi connectivity index (χ1n) is 11.2. The molecule has 0 spiro atoms. The molecule has 29 heavy (non-hydrogen) atoms. The Labute approximate surface area is 174 Å². The first-order valence-corrected chi connectivity index (χ1v) is 11.2. The van der Waals surface area contributed by atoms with Crippen molar-refractivity contribution in [2.45, 2.75) is 77.3 Å². The van der Waals surface area contributed by atoms with Gasteiger partial charge in [0.1, 0.15) is 6.54 Å². The van der Waals surface area contributed by atoms with Gasteiger partial charge in [-0.3, -0.25) is 9.58 Å². The molecule has 1 aromatic heterocycles. The van der Waals surface area contributed by atoms with Crippen molar-refractivity contribution in [1.82, 2.24) is 20.0 Å². The van der Waals surface area contributed by atoms with Gasteiger partial charge in [-0.1, -0.05) is 6.92 Å². The van der Waals surface area contributed by atoms with E-state index in [0.717, 1.165) is 81.9 Å². The van der Waals surface area contributed by atoms with Crippen molar-refractivity contribution in [3.8, 4) is 0 Å². The second-order valence-corrected chi connectivity index (χ2v) is 9.10. The Hall–Kier alpha value is -1.05. The van der Waals surface area contributed by atoms with E-state index in [1.165, 1.54) is 0 Å². The molecule has 1 aliphatic carbocycles. The van der Waals surface area contributed by atoms with E-state index in [4.69, 9.17) is 4.74 Å². The number of nitrogens with one attached hydrogen (secondary N) is 1. The van der Waals surface area contributed by atoms with E-state index >= 15 is 0 Å². The van der Waals surface area contributed by atoms with Crippen molar-refractivity contribution in [3.63, 3.8) is 0 Å². The van der Waals surface area contributed by atoms with Gasteiger partial charge in [-0.15, -0.1) is 0 Å². The Kier molecular flexibility index (Phi) is 7.33. The van der Waals surface area contributed by atoms with Gasteiger partial charge in [0.25, 0.3) is 5.92 Å². The molecule has 166 valence electrons. The van der Waals surface area contributed by atoms with E-state index in [1.54, 1.807) is 4.68 Å². The number of likely N-dealkylation sites (N-methyl/N-ethyl adjacent to an activating group) is 2. The van der Waals surface area contributed by atoms with Crippen LogP contribution in [0.25, 0.3) is 0 Å². The molecule has 1 aromatic rings. The van der Waals surface area contributed by atoms with E-state index in [9.17, 15) is 8.78 Å². The number of halogens is 2. The van der Waals surface area contributed by atoms with E-state index in [2.05, 4.69) is 29.3 Å². The van der Waals surface area contributed by atoms with Crippen LogP contribution in [0.1, 0.15) is 68.8 Å². The summed E-state index contributed by atoms with van der Waals surface area (Å²) in [6.45, 7) is 8.12. The Morgan fingerprint density at radius 2 is 2.00 bits per heavy atom. The van der Waals surface area contributed by atoms with Gasteiger partial charge in [0.05, 0.1) is 18.7 Å². The van der Waals surface area contributed by atoms with Crippen LogP contribution in [0.15, 0.2) is 0 Å². The van der Waals surface area contributed by atoms with Crippen LogP contribution in [0.4, 0.5) is 8.78 Å². The minimum absolute atomic E-state index is 0.163. The Morgan fingerprint density at radius 3 is 2.62 bits per heavy atom. The number of alkyl halides is 2. The fraction of sp³-hybridized carbons (Fsp3) is 0.864. The van der Waals surface area contributed by atoms with Gasteiger partial charge in [-0.25, -0.2) is 8.78 Å². The minimum Gasteiger partial charge on any atom is -0.381 e. The first-order chi connectivity index (χ1) is 13.8. The van der Waals surface area contributed by atoms with E-state index in [-0.39, 0.29) is 18.4 Å². The molecule has 0 unspecified atom stereocenters. The summed E-state index contributed by atoms with van der Waals surface area (Å²) in [5, 5.41) is 7.83. The molecule has 1 N–H and O–H groups in total. The van der Waals surface area contributed by atoms with Crippen molar-refractivity contribution in [2.24, 2.45) is 5.41 Å². The van der Waals surface area contributed by atoms with E-state index < -0.39 is 5.92 Å². The predicted octanol–water partition coefficient (Wildman–Crippen LogP) is 3.82. The fourth-order valence-electron chi connectivity index (χ4n) is 5.07. The number of rotatable bonds is 10. The van der Waals surface area contributed by atoms with Crippen LogP contribution >= 0.6 is 0 Å². The molecule has 3 rings (SSSR count). The molecule has 0 bridgehead atoms. The molecular weight excluding hydrogens is 374 g/mol. The summed E-state index contributed by atoms with van der Waals surface area (Å²) >= 11 is 0. The topological polar surface area (TPSA) is 42.3 Å². The number of fused-ring (bicyclic) bond motifs is 1. The van der Waals surface area contributed by atoms with Crippen LogP contribution in [0.5, 0.6) is 0 Å². The van der Waals surface area contributed by atoms with Gasteiger partial charge in [0, 0.05) is 37.5 Å². The van der Waals surface area contributed by atoms with Gasteiger partial charge < -0.3 is 10.1 Å². The molecule has 1 aliphatic heterocycles. The summed E-state index contributed by atoms with van der Waals surface area (Å²) in [5.74, 6) is -2.33. The van der Waals surface area contributed by atoms with Crippen LogP contribution in [-0.4, -0.2) is 61.0 Å². The second kappa shape index (κ2) is 9.40. The zero-order valence-electron chi connectivity index (χ0n) is 18.6. The molecule has 0 radical (unpaired) electrons. The van der Waals surface area contributed by atoms with E-state index in [1.807, 2.05) is 14.0 Å². The molecule has 0 aromatic carbocycles. The standard InChI is InChI=1S/C22H38F2N4O/c1-5-21(16-29-6-2)9-7-17(8-10-21)20-18(14-27(4)12-11-25-3)26-28-15-22(23,24)13-19(20)28/h17,25H,5-16H2,1-4H3/t17-,21+. The summed E-state index contributed by atoms with van der Waals surface area (Å²) in [7, 11) is 4.02. The van der Waals surface area contributed by atoms with Crippen molar-refractivity contribution in [2.75, 3.05) is 40.4 Å². The average molecular weight is 413 g/mol. The fourth-order valence-corrected chi connectivity index (χ4v) is 5.07. The summed E-state index contributed by atoms with van der Waals surface area (Å²) in [4.78, 5) is 2.23. The summed E-state index contributed by atoms with van der Waals surface area (Å²) in [6, 6.07) is 0. The summed E-state index contributed by atoms with van der Waals surface area (Å²) in [5.41, 5.74) is 3.16. The highest BCUT2D eigenvalue weighted by Gasteiger charge is 2.44. The molecule has 0 saturated heterocycles. The number of nitrogens with zero attached hydrogens (tertiary/aromatic N) is 3. The molecule has 0 atom stereocenters. The smallest absolute Gasteiger partial charge is 0.272 e. The molecule has 2 aliphatic rings. The van der Waals surface area contributed by atoms with Crippen LogP contribution in [0, 0.1) is 5.41 Å². The maximum atomic E-state index is 14.1. The molecule has 5 nitrogen and oxygen atoms in total. The zero-order chi connectivity index (χ0) is 21.1. The summed E-state index contributed by atoms with van der Waals surface area (Å²) < 4.78 is 35.6.